The number of ether oxygens (including phenoxy) is 2. The van der Waals surface area contributed by atoms with Crippen LogP contribution in [0.25, 0.3) is 0 Å². The van der Waals surface area contributed by atoms with Gasteiger partial charge in [0.25, 0.3) is 0 Å². The van der Waals surface area contributed by atoms with Gasteiger partial charge in [-0.1, -0.05) is 12.1 Å². The summed E-state index contributed by atoms with van der Waals surface area (Å²) in [6.07, 6.45) is 18.5. The molecule has 9 aliphatic rings. The molecule has 0 spiro atoms. The molecule has 8 aliphatic carbocycles. The van der Waals surface area contributed by atoms with E-state index in [0.29, 0.717) is 23.0 Å². The second-order valence-electron chi connectivity index (χ2n) is 13.8. The highest BCUT2D eigenvalue weighted by molar-refractivity contribution is 5.47. The van der Waals surface area contributed by atoms with Crippen LogP contribution in [0.2, 0.25) is 0 Å². The molecule has 1 aromatic rings. The average Bonchev–Trinajstić information content (AvgIpc) is 3.45. The minimum absolute atomic E-state index is 0.307. The Morgan fingerprint density at radius 2 is 1.22 bits per heavy atom. The maximum atomic E-state index is 6.57. The highest BCUT2D eigenvalue weighted by atomic mass is 16.6. The number of rotatable bonds is 5. The summed E-state index contributed by atoms with van der Waals surface area (Å²) >= 11 is 0. The molecule has 2 heteroatoms. The predicted molar refractivity (Wildman–Crippen MR) is 126 cm³/mol. The molecule has 172 valence electrons. The first-order chi connectivity index (χ1) is 15.6. The van der Waals surface area contributed by atoms with E-state index in [1.165, 1.54) is 82.8 Å². The zero-order valence-electron chi connectivity index (χ0n) is 19.9. The Morgan fingerprint density at radius 1 is 0.750 bits per heavy atom. The molecule has 1 saturated heterocycles. The Bertz CT molecular complexity index is 860. The molecular formula is C30H40O2. The molecule has 0 amide bonds. The van der Waals surface area contributed by atoms with Gasteiger partial charge in [-0.15, -0.1) is 0 Å². The van der Waals surface area contributed by atoms with E-state index in [1.807, 2.05) is 0 Å². The van der Waals surface area contributed by atoms with Gasteiger partial charge in [-0.05, 0) is 142 Å². The molecule has 1 aliphatic heterocycles. The molecule has 1 heterocycles. The number of hydrogen-bond donors (Lipinski definition) is 0. The maximum absolute atomic E-state index is 6.57. The van der Waals surface area contributed by atoms with Crippen molar-refractivity contribution in [2.45, 2.75) is 107 Å². The molecular weight excluding hydrogens is 392 g/mol. The van der Waals surface area contributed by atoms with Crippen molar-refractivity contribution in [1.29, 1.82) is 0 Å². The van der Waals surface area contributed by atoms with E-state index in [4.69, 9.17) is 9.47 Å². The molecule has 2 unspecified atom stereocenters. The molecule has 0 radical (unpaired) electrons. The van der Waals surface area contributed by atoms with Gasteiger partial charge in [-0.3, -0.25) is 0 Å². The number of benzene rings is 1. The van der Waals surface area contributed by atoms with Gasteiger partial charge in [0.05, 0.1) is 6.10 Å². The van der Waals surface area contributed by atoms with Crippen LogP contribution >= 0.6 is 0 Å². The molecule has 32 heavy (non-hydrogen) atoms. The molecule has 8 bridgehead atoms. The van der Waals surface area contributed by atoms with E-state index in [9.17, 15) is 0 Å². The van der Waals surface area contributed by atoms with E-state index >= 15 is 0 Å². The Labute approximate surface area is 193 Å². The van der Waals surface area contributed by atoms with Gasteiger partial charge in [-0.2, -0.15) is 0 Å². The van der Waals surface area contributed by atoms with Crippen molar-refractivity contribution in [2.75, 3.05) is 6.61 Å². The van der Waals surface area contributed by atoms with Gasteiger partial charge in [0.2, 0.25) is 0 Å². The quantitative estimate of drug-likeness (QED) is 0.478. The van der Waals surface area contributed by atoms with Crippen LogP contribution in [-0.2, 0) is 15.6 Å². The van der Waals surface area contributed by atoms with Crippen molar-refractivity contribution in [3.05, 3.63) is 29.3 Å². The predicted octanol–water partition coefficient (Wildman–Crippen LogP) is 6.79. The second-order valence-corrected chi connectivity index (χ2v) is 13.8. The van der Waals surface area contributed by atoms with E-state index < -0.39 is 0 Å². The van der Waals surface area contributed by atoms with Crippen LogP contribution in [0.1, 0.15) is 95.1 Å². The molecule has 2 nitrogen and oxygen atoms in total. The zero-order chi connectivity index (χ0) is 21.1. The van der Waals surface area contributed by atoms with Gasteiger partial charge in [-0.25, -0.2) is 0 Å². The number of hydrogen-bond acceptors (Lipinski definition) is 2. The summed E-state index contributed by atoms with van der Waals surface area (Å²) in [4.78, 5) is 0. The normalized spacial score (nSPS) is 51.9. The zero-order valence-corrected chi connectivity index (χ0v) is 19.9. The van der Waals surface area contributed by atoms with Crippen LogP contribution < -0.4 is 4.74 Å². The van der Waals surface area contributed by atoms with Gasteiger partial charge >= 0.3 is 0 Å². The summed E-state index contributed by atoms with van der Waals surface area (Å²) < 4.78 is 12.3. The first kappa shape index (κ1) is 19.3. The molecule has 10 rings (SSSR count). The fourth-order valence-corrected chi connectivity index (χ4v) is 10.9. The lowest BCUT2D eigenvalue weighted by atomic mass is 9.46. The molecule has 2 atom stereocenters. The van der Waals surface area contributed by atoms with Gasteiger partial charge in [0.1, 0.15) is 18.5 Å². The first-order valence-electron chi connectivity index (χ1n) is 14.0. The topological polar surface area (TPSA) is 21.8 Å². The Balaban J connectivity index is 1.20. The molecule has 8 saturated carbocycles. The van der Waals surface area contributed by atoms with Crippen molar-refractivity contribution in [1.82, 2.24) is 0 Å². The number of epoxide rings is 1. The first-order valence-corrected chi connectivity index (χ1v) is 14.0. The van der Waals surface area contributed by atoms with E-state index in [2.05, 4.69) is 25.1 Å². The van der Waals surface area contributed by atoms with Crippen molar-refractivity contribution >= 4 is 0 Å². The van der Waals surface area contributed by atoms with Gasteiger partial charge in [0.15, 0.2) is 0 Å². The monoisotopic (exact) mass is 432 g/mol. The summed E-state index contributed by atoms with van der Waals surface area (Å²) in [6.45, 7) is 2.90. The lowest BCUT2D eigenvalue weighted by Crippen LogP contribution is -2.50. The largest absolute Gasteiger partial charge is 0.490 e. The van der Waals surface area contributed by atoms with E-state index in [1.54, 1.807) is 11.1 Å². The van der Waals surface area contributed by atoms with E-state index in [-0.39, 0.29) is 0 Å². The van der Waals surface area contributed by atoms with Crippen LogP contribution in [0, 0.1) is 35.5 Å². The van der Waals surface area contributed by atoms with Crippen LogP contribution in [0.5, 0.6) is 5.75 Å². The Morgan fingerprint density at radius 3 is 1.69 bits per heavy atom. The van der Waals surface area contributed by atoms with Crippen LogP contribution in [0.15, 0.2) is 18.2 Å². The highest BCUT2D eigenvalue weighted by Crippen LogP contribution is 2.64. The lowest BCUT2D eigenvalue weighted by Gasteiger charge is -2.58. The molecule has 0 N–H and O–H groups in total. The van der Waals surface area contributed by atoms with Crippen LogP contribution in [0.4, 0.5) is 0 Å². The second kappa shape index (κ2) is 6.55. The summed E-state index contributed by atoms with van der Waals surface area (Å²) in [5.74, 6) is 7.16. The third-order valence-corrected chi connectivity index (χ3v) is 11.5. The van der Waals surface area contributed by atoms with Crippen molar-refractivity contribution in [2.24, 2.45) is 35.5 Å². The third kappa shape index (κ3) is 2.87. The molecule has 9 fully saturated rings. The molecule has 1 aromatic carbocycles. The standard InChI is InChI=1S/C30H40O2/c1-18-28(32-18)17-31-27-3-2-25(29-11-19-4-20(12-29)6-21(5-19)13-29)10-26(27)30-14-22-7-23(15-30)9-24(8-22)16-30/h2-3,10,18-24,28H,4-9,11-17H2,1H3. The summed E-state index contributed by atoms with van der Waals surface area (Å²) in [6, 6.07) is 7.64. The van der Waals surface area contributed by atoms with Crippen molar-refractivity contribution in [3.63, 3.8) is 0 Å². The van der Waals surface area contributed by atoms with E-state index in [0.717, 1.165) is 42.1 Å². The fourth-order valence-electron chi connectivity index (χ4n) is 10.9. The fraction of sp³-hybridized carbons (Fsp3) is 0.800. The Kier molecular flexibility index (Phi) is 3.95. The van der Waals surface area contributed by atoms with Crippen LogP contribution in [0.3, 0.4) is 0 Å². The Hall–Kier alpha value is -1.02. The molecule has 0 aromatic heterocycles. The van der Waals surface area contributed by atoms with Crippen molar-refractivity contribution < 1.29 is 9.47 Å². The SMILES string of the molecule is CC1OC1COc1ccc(C23CC4CC(CC(C4)C2)C3)cc1C12CC3CC(CC(C3)C1)C2. The summed E-state index contributed by atoms with van der Waals surface area (Å²) in [7, 11) is 0. The summed E-state index contributed by atoms with van der Waals surface area (Å²) in [5.41, 5.74) is 4.21. The van der Waals surface area contributed by atoms with Crippen LogP contribution in [-0.4, -0.2) is 18.8 Å². The minimum Gasteiger partial charge on any atom is -0.490 e. The smallest absolute Gasteiger partial charge is 0.123 e. The van der Waals surface area contributed by atoms with Crippen molar-refractivity contribution in [3.8, 4) is 5.75 Å². The van der Waals surface area contributed by atoms with Gasteiger partial charge < -0.3 is 9.47 Å². The van der Waals surface area contributed by atoms with Gasteiger partial charge in [0, 0.05) is 5.56 Å². The minimum atomic E-state index is 0.307. The third-order valence-electron chi connectivity index (χ3n) is 11.5. The highest BCUT2D eigenvalue weighted by Gasteiger charge is 2.55. The lowest BCUT2D eigenvalue weighted by molar-refractivity contribution is -0.00921. The average molecular weight is 433 g/mol. The summed E-state index contributed by atoms with van der Waals surface area (Å²) in [5, 5.41) is 0. The maximum Gasteiger partial charge on any atom is 0.123 e.